The summed E-state index contributed by atoms with van der Waals surface area (Å²) < 4.78 is 0. The van der Waals surface area contributed by atoms with E-state index in [1.165, 1.54) is 5.56 Å². The predicted molar refractivity (Wildman–Crippen MR) is 71.3 cm³/mol. The Morgan fingerprint density at radius 1 is 1.24 bits per heavy atom. The Hall–Kier alpha value is -1.84. The van der Waals surface area contributed by atoms with Gasteiger partial charge in [-0.05, 0) is 5.56 Å². The van der Waals surface area contributed by atoms with Gasteiger partial charge in [0, 0.05) is 20.5 Å². The fraction of sp³-hybridized carbons (Fsp3) is 0.385. The Morgan fingerprint density at radius 2 is 1.94 bits per heavy atom. The molecule has 0 aliphatic carbocycles. The van der Waals surface area contributed by atoms with Crippen LogP contribution in [-0.4, -0.2) is 36.8 Å². The molecule has 0 bridgehead atoms. The fourth-order valence-electron chi connectivity index (χ4n) is 1.84. The van der Waals surface area contributed by atoms with Gasteiger partial charge in [0.1, 0.15) is 17.8 Å². The molecule has 4 heteroatoms. The van der Waals surface area contributed by atoms with E-state index in [9.17, 15) is 0 Å². The third-order valence-corrected chi connectivity index (χ3v) is 2.73. The summed E-state index contributed by atoms with van der Waals surface area (Å²) in [6, 6.07) is 10.2. The van der Waals surface area contributed by atoms with Crippen molar-refractivity contribution in [3.63, 3.8) is 0 Å². The van der Waals surface area contributed by atoms with Crippen LogP contribution in [0.2, 0.25) is 0 Å². The molecule has 1 aromatic carbocycles. The Balaban J connectivity index is 2.12. The van der Waals surface area contributed by atoms with E-state index in [2.05, 4.69) is 22.1 Å². The van der Waals surface area contributed by atoms with Gasteiger partial charge in [0.2, 0.25) is 0 Å². The van der Waals surface area contributed by atoms with Gasteiger partial charge in [-0.3, -0.25) is 0 Å². The maximum atomic E-state index is 5.85. The minimum Gasteiger partial charge on any atom is -0.387 e. The van der Waals surface area contributed by atoms with Gasteiger partial charge in [0.15, 0.2) is 0 Å². The van der Waals surface area contributed by atoms with E-state index in [4.69, 9.17) is 5.73 Å². The first-order valence-electron chi connectivity index (χ1n) is 5.75. The minimum absolute atomic E-state index is 0.0800. The molecule has 0 saturated carbocycles. The predicted octanol–water partition coefficient (Wildman–Crippen LogP) is 1.28. The number of rotatable bonds is 2. The first-order valence-corrected chi connectivity index (χ1v) is 5.75. The summed E-state index contributed by atoms with van der Waals surface area (Å²) in [5.74, 6) is 1.67. The Morgan fingerprint density at radius 3 is 2.59 bits per heavy atom. The molecule has 2 rings (SSSR count). The zero-order valence-corrected chi connectivity index (χ0v) is 10.3. The van der Waals surface area contributed by atoms with Gasteiger partial charge in [-0.1, -0.05) is 30.3 Å². The molecule has 0 fully saturated rings. The van der Waals surface area contributed by atoms with Crippen molar-refractivity contribution in [1.29, 1.82) is 0 Å². The third-order valence-electron chi connectivity index (χ3n) is 2.73. The van der Waals surface area contributed by atoms with E-state index in [-0.39, 0.29) is 6.17 Å². The Labute approximate surface area is 102 Å². The number of nitrogens with zero attached hydrogens (tertiary/aromatic N) is 3. The van der Waals surface area contributed by atoms with Gasteiger partial charge in [-0.25, -0.2) is 9.98 Å². The van der Waals surface area contributed by atoms with Crippen molar-refractivity contribution >= 4 is 11.7 Å². The molecule has 4 nitrogen and oxygen atoms in total. The van der Waals surface area contributed by atoms with E-state index in [1.807, 2.05) is 37.2 Å². The Bertz CT molecular complexity index is 434. The second-order valence-corrected chi connectivity index (χ2v) is 4.41. The van der Waals surface area contributed by atoms with Crippen LogP contribution in [0.25, 0.3) is 0 Å². The Kier molecular flexibility index (Phi) is 3.42. The van der Waals surface area contributed by atoms with Crippen molar-refractivity contribution in [2.45, 2.75) is 19.0 Å². The highest BCUT2D eigenvalue weighted by Gasteiger charge is 2.16. The zero-order valence-electron chi connectivity index (χ0n) is 10.3. The van der Waals surface area contributed by atoms with E-state index in [1.54, 1.807) is 0 Å². The average molecular weight is 230 g/mol. The van der Waals surface area contributed by atoms with Crippen LogP contribution in [0.1, 0.15) is 12.0 Å². The largest absolute Gasteiger partial charge is 0.387 e. The number of amidine groups is 2. The normalized spacial score (nSPS) is 19.5. The van der Waals surface area contributed by atoms with Crippen LogP contribution >= 0.6 is 0 Å². The van der Waals surface area contributed by atoms with Crippen molar-refractivity contribution in [2.75, 3.05) is 14.1 Å². The summed E-state index contributed by atoms with van der Waals surface area (Å²) in [6.45, 7) is 0. The highest BCUT2D eigenvalue weighted by molar-refractivity contribution is 6.02. The standard InChI is InChI=1S/C13H18N4/c1-17(2)13-9-11(14)15-12(16-13)8-10-6-4-3-5-7-10/h3-7,12H,8-9H2,1-2H3,(H2,14,15). The van der Waals surface area contributed by atoms with Crippen LogP contribution in [-0.2, 0) is 6.42 Å². The summed E-state index contributed by atoms with van der Waals surface area (Å²) in [4.78, 5) is 11.0. The molecule has 2 N–H and O–H groups in total. The van der Waals surface area contributed by atoms with Gasteiger partial charge < -0.3 is 10.6 Å². The molecule has 0 spiro atoms. The van der Waals surface area contributed by atoms with Gasteiger partial charge >= 0.3 is 0 Å². The molecule has 17 heavy (non-hydrogen) atoms. The molecule has 1 atom stereocenters. The molecule has 1 aliphatic heterocycles. The molecule has 0 aromatic heterocycles. The maximum Gasteiger partial charge on any atom is 0.147 e. The van der Waals surface area contributed by atoms with Gasteiger partial charge in [-0.15, -0.1) is 0 Å². The molecule has 90 valence electrons. The van der Waals surface area contributed by atoms with Crippen LogP contribution in [0.15, 0.2) is 40.3 Å². The summed E-state index contributed by atoms with van der Waals surface area (Å²) in [6.07, 6.45) is 1.38. The quantitative estimate of drug-likeness (QED) is 0.832. The monoisotopic (exact) mass is 230 g/mol. The molecule has 1 heterocycles. The molecular weight excluding hydrogens is 212 g/mol. The van der Waals surface area contributed by atoms with E-state index >= 15 is 0 Å². The van der Waals surface area contributed by atoms with Crippen LogP contribution in [0.4, 0.5) is 0 Å². The van der Waals surface area contributed by atoms with Crippen LogP contribution in [0, 0.1) is 0 Å². The lowest BCUT2D eigenvalue weighted by molar-refractivity contribution is 0.582. The highest BCUT2D eigenvalue weighted by atomic mass is 15.2. The summed E-state index contributed by atoms with van der Waals surface area (Å²) in [5.41, 5.74) is 7.08. The molecule has 1 unspecified atom stereocenters. The van der Waals surface area contributed by atoms with E-state index in [0.29, 0.717) is 12.3 Å². The topological polar surface area (TPSA) is 54.0 Å². The lowest BCUT2D eigenvalue weighted by atomic mass is 10.1. The lowest BCUT2D eigenvalue weighted by Crippen LogP contribution is -2.34. The number of nitrogens with two attached hydrogens (primary N) is 1. The van der Waals surface area contributed by atoms with Crippen molar-refractivity contribution in [1.82, 2.24) is 4.90 Å². The average Bonchev–Trinajstić information content (AvgIpc) is 2.29. The summed E-state index contributed by atoms with van der Waals surface area (Å²) >= 11 is 0. The smallest absolute Gasteiger partial charge is 0.147 e. The fourth-order valence-corrected chi connectivity index (χ4v) is 1.84. The maximum absolute atomic E-state index is 5.85. The summed E-state index contributed by atoms with van der Waals surface area (Å²) in [5, 5.41) is 0. The molecular formula is C13H18N4. The van der Waals surface area contributed by atoms with Crippen molar-refractivity contribution in [3.05, 3.63) is 35.9 Å². The van der Waals surface area contributed by atoms with Crippen LogP contribution in [0.3, 0.4) is 0 Å². The zero-order chi connectivity index (χ0) is 12.3. The van der Waals surface area contributed by atoms with Gasteiger partial charge in [0.05, 0.1) is 6.42 Å². The van der Waals surface area contributed by atoms with Crippen molar-refractivity contribution < 1.29 is 0 Å². The number of hydrogen-bond donors (Lipinski definition) is 1. The number of benzene rings is 1. The minimum atomic E-state index is -0.0800. The summed E-state index contributed by atoms with van der Waals surface area (Å²) in [7, 11) is 3.97. The second kappa shape index (κ2) is 4.99. The van der Waals surface area contributed by atoms with Crippen molar-refractivity contribution in [2.24, 2.45) is 15.7 Å². The van der Waals surface area contributed by atoms with Gasteiger partial charge in [0.25, 0.3) is 0 Å². The number of hydrogen-bond acceptors (Lipinski definition) is 4. The number of aliphatic imine (C=N–C) groups is 2. The molecule has 0 radical (unpaired) electrons. The first kappa shape index (κ1) is 11.6. The van der Waals surface area contributed by atoms with E-state index < -0.39 is 0 Å². The molecule has 1 aromatic rings. The molecule has 0 amide bonds. The SMILES string of the molecule is CN(C)C1=NC(Cc2ccccc2)N=C(N)C1. The van der Waals surface area contributed by atoms with Gasteiger partial charge in [-0.2, -0.15) is 0 Å². The molecule has 0 saturated heterocycles. The lowest BCUT2D eigenvalue weighted by Gasteiger charge is -2.22. The first-order chi connectivity index (χ1) is 8.15. The second-order valence-electron chi connectivity index (χ2n) is 4.41. The third kappa shape index (κ3) is 3.06. The highest BCUT2D eigenvalue weighted by Crippen LogP contribution is 2.12. The van der Waals surface area contributed by atoms with Crippen LogP contribution < -0.4 is 5.73 Å². The molecule has 1 aliphatic rings. The van der Waals surface area contributed by atoms with Crippen molar-refractivity contribution in [3.8, 4) is 0 Å². The van der Waals surface area contributed by atoms with Crippen LogP contribution in [0.5, 0.6) is 0 Å². The van der Waals surface area contributed by atoms with E-state index in [0.717, 1.165) is 12.3 Å².